The molecule has 7 nitrogen and oxygen atoms in total. The Kier molecular flexibility index (Phi) is 5.86. The summed E-state index contributed by atoms with van der Waals surface area (Å²) in [7, 11) is 1.39. The highest BCUT2D eigenvalue weighted by Gasteiger charge is 2.52. The largest absolute Gasteiger partial charge is 0.494 e. The lowest BCUT2D eigenvalue weighted by Gasteiger charge is -2.20. The zero-order chi connectivity index (χ0) is 20.3. The summed E-state index contributed by atoms with van der Waals surface area (Å²) in [6, 6.07) is 3.81. The van der Waals surface area contributed by atoms with Crippen LogP contribution in [0, 0.1) is 5.82 Å². The number of ether oxygens (including phenoxy) is 1. The van der Waals surface area contributed by atoms with E-state index < -0.39 is 11.4 Å². The number of hydrogen-bond donors (Lipinski definition) is 2. The molecule has 1 aliphatic heterocycles. The van der Waals surface area contributed by atoms with Crippen LogP contribution in [-0.2, 0) is 9.59 Å². The van der Waals surface area contributed by atoms with Gasteiger partial charge in [0.2, 0.25) is 5.91 Å². The van der Waals surface area contributed by atoms with E-state index in [9.17, 15) is 18.8 Å². The van der Waals surface area contributed by atoms with Gasteiger partial charge in [0, 0.05) is 13.0 Å². The average molecular weight is 391 g/mol. The van der Waals surface area contributed by atoms with Gasteiger partial charge in [0.05, 0.1) is 13.2 Å². The topological polar surface area (TPSA) is 87.7 Å². The highest BCUT2D eigenvalue weighted by Crippen LogP contribution is 2.35. The second-order valence-electron chi connectivity index (χ2n) is 7.46. The number of nitrogens with one attached hydrogen (secondary N) is 2. The molecule has 3 rings (SSSR count). The molecular weight excluding hydrogens is 365 g/mol. The van der Waals surface area contributed by atoms with E-state index in [2.05, 4.69) is 10.6 Å². The Balaban J connectivity index is 1.47. The van der Waals surface area contributed by atoms with Crippen LogP contribution >= 0.6 is 0 Å². The molecule has 1 aromatic carbocycles. The maximum atomic E-state index is 13.8. The first-order valence-corrected chi connectivity index (χ1v) is 9.63. The van der Waals surface area contributed by atoms with Crippen molar-refractivity contribution in [3.05, 3.63) is 29.6 Å². The molecule has 1 saturated heterocycles. The van der Waals surface area contributed by atoms with Crippen molar-refractivity contribution in [2.45, 2.75) is 57.0 Å². The van der Waals surface area contributed by atoms with Gasteiger partial charge in [-0.15, -0.1) is 0 Å². The van der Waals surface area contributed by atoms with Crippen molar-refractivity contribution in [2.75, 3.05) is 13.7 Å². The standard InChI is InChI=1S/C20H26FN3O4/c1-13(14-7-8-16(28-2)15(21)12-14)22-17(25)6-5-11-24-18(26)20(23-19(24)27)9-3-4-10-20/h7-8,12-13H,3-6,9-11H2,1-2H3,(H,22,25)(H,23,27)/t13-/m0/s1. The molecule has 1 spiro atoms. The van der Waals surface area contributed by atoms with Gasteiger partial charge >= 0.3 is 6.03 Å². The highest BCUT2D eigenvalue weighted by atomic mass is 19.1. The molecule has 0 radical (unpaired) electrons. The Bertz CT molecular complexity index is 777. The Hall–Kier alpha value is -2.64. The van der Waals surface area contributed by atoms with Crippen molar-refractivity contribution in [3.8, 4) is 5.75 Å². The number of rotatable bonds is 7. The zero-order valence-corrected chi connectivity index (χ0v) is 16.2. The zero-order valence-electron chi connectivity index (χ0n) is 16.2. The summed E-state index contributed by atoms with van der Waals surface area (Å²) in [5.74, 6) is -0.722. The van der Waals surface area contributed by atoms with E-state index in [0.29, 0.717) is 24.8 Å². The van der Waals surface area contributed by atoms with E-state index in [0.717, 1.165) is 12.8 Å². The maximum Gasteiger partial charge on any atom is 0.325 e. The molecule has 1 aliphatic carbocycles. The third kappa shape index (κ3) is 3.95. The fourth-order valence-corrected chi connectivity index (χ4v) is 3.94. The van der Waals surface area contributed by atoms with Crippen LogP contribution in [0.4, 0.5) is 9.18 Å². The third-order valence-electron chi connectivity index (χ3n) is 5.54. The number of imide groups is 1. The highest BCUT2D eigenvalue weighted by molar-refractivity contribution is 6.07. The minimum absolute atomic E-state index is 0.149. The van der Waals surface area contributed by atoms with Gasteiger partial charge < -0.3 is 15.4 Å². The summed E-state index contributed by atoms with van der Waals surface area (Å²) >= 11 is 0. The van der Waals surface area contributed by atoms with Crippen molar-refractivity contribution in [1.82, 2.24) is 15.5 Å². The molecule has 0 bridgehead atoms. The molecule has 1 heterocycles. The quantitative estimate of drug-likeness (QED) is 0.700. The monoisotopic (exact) mass is 391 g/mol. The number of carbonyl (C=O) groups excluding carboxylic acids is 3. The van der Waals surface area contributed by atoms with Crippen molar-refractivity contribution in [2.24, 2.45) is 0 Å². The smallest absolute Gasteiger partial charge is 0.325 e. The number of benzene rings is 1. The second kappa shape index (κ2) is 8.16. The van der Waals surface area contributed by atoms with Crippen LogP contribution in [0.5, 0.6) is 5.75 Å². The number of carbonyl (C=O) groups is 3. The molecule has 2 N–H and O–H groups in total. The predicted molar refractivity (Wildman–Crippen MR) is 100 cm³/mol. The molecule has 0 unspecified atom stereocenters. The van der Waals surface area contributed by atoms with Crippen LogP contribution in [-0.4, -0.2) is 41.9 Å². The normalized spacial score (nSPS) is 19.0. The lowest BCUT2D eigenvalue weighted by molar-refractivity contribution is -0.131. The van der Waals surface area contributed by atoms with Crippen LogP contribution in [0.3, 0.4) is 0 Å². The van der Waals surface area contributed by atoms with E-state index in [-0.39, 0.29) is 42.6 Å². The fraction of sp³-hybridized carbons (Fsp3) is 0.550. The minimum Gasteiger partial charge on any atom is -0.494 e. The van der Waals surface area contributed by atoms with E-state index >= 15 is 0 Å². The Morgan fingerprint density at radius 3 is 2.71 bits per heavy atom. The summed E-state index contributed by atoms with van der Waals surface area (Å²) < 4.78 is 18.7. The van der Waals surface area contributed by atoms with Gasteiger partial charge in [-0.25, -0.2) is 9.18 Å². The summed E-state index contributed by atoms with van der Waals surface area (Å²) in [4.78, 5) is 38.1. The Morgan fingerprint density at radius 1 is 1.36 bits per heavy atom. The van der Waals surface area contributed by atoms with Gasteiger partial charge in [0.1, 0.15) is 5.54 Å². The molecule has 152 valence electrons. The van der Waals surface area contributed by atoms with Gasteiger partial charge in [0.25, 0.3) is 5.91 Å². The molecule has 0 aromatic heterocycles. The fourth-order valence-electron chi connectivity index (χ4n) is 3.94. The average Bonchev–Trinajstić information content (AvgIpc) is 3.22. The maximum absolute atomic E-state index is 13.8. The molecule has 4 amide bonds. The van der Waals surface area contributed by atoms with Crippen LogP contribution in [0.1, 0.15) is 57.1 Å². The summed E-state index contributed by atoms with van der Waals surface area (Å²) in [5, 5.41) is 5.63. The van der Waals surface area contributed by atoms with Crippen molar-refractivity contribution in [3.63, 3.8) is 0 Å². The van der Waals surface area contributed by atoms with E-state index in [4.69, 9.17) is 4.74 Å². The first-order chi connectivity index (χ1) is 13.4. The van der Waals surface area contributed by atoms with Crippen molar-refractivity contribution in [1.29, 1.82) is 0 Å². The molecule has 1 saturated carbocycles. The van der Waals surface area contributed by atoms with Gasteiger partial charge in [-0.3, -0.25) is 14.5 Å². The van der Waals surface area contributed by atoms with Gasteiger partial charge in [0.15, 0.2) is 11.6 Å². The molecule has 1 atom stereocenters. The van der Waals surface area contributed by atoms with Crippen LogP contribution < -0.4 is 15.4 Å². The number of nitrogens with zero attached hydrogens (tertiary/aromatic N) is 1. The predicted octanol–water partition coefficient (Wildman–Crippen LogP) is 2.66. The number of hydrogen-bond acceptors (Lipinski definition) is 4. The SMILES string of the molecule is COc1ccc([C@H](C)NC(=O)CCCN2C(=O)NC3(CCCC3)C2=O)cc1F. The third-order valence-corrected chi connectivity index (χ3v) is 5.54. The Morgan fingerprint density at radius 2 is 2.07 bits per heavy atom. The van der Waals surface area contributed by atoms with Crippen LogP contribution in [0.25, 0.3) is 0 Å². The van der Waals surface area contributed by atoms with E-state index in [1.54, 1.807) is 13.0 Å². The Labute approximate surface area is 163 Å². The lowest BCUT2D eigenvalue weighted by Crippen LogP contribution is -2.44. The summed E-state index contributed by atoms with van der Waals surface area (Å²) in [6.45, 7) is 1.98. The lowest BCUT2D eigenvalue weighted by atomic mass is 9.98. The molecule has 8 heteroatoms. The van der Waals surface area contributed by atoms with Gasteiger partial charge in [-0.1, -0.05) is 18.9 Å². The van der Waals surface area contributed by atoms with Crippen molar-refractivity contribution < 1.29 is 23.5 Å². The van der Waals surface area contributed by atoms with Gasteiger partial charge in [-0.05, 0) is 43.9 Å². The molecule has 1 aromatic rings. The first-order valence-electron chi connectivity index (χ1n) is 9.63. The molecule has 2 fully saturated rings. The summed E-state index contributed by atoms with van der Waals surface area (Å²) in [6.07, 6.45) is 3.80. The second-order valence-corrected chi connectivity index (χ2v) is 7.46. The van der Waals surface area contributed by atoms with Crippen LogP contribution in [0.2, 0.25) is 0 Å². The number of urea groups is 1. The van der Waals surface area contributed by atoms with Gasteiger partial charge in [-0.2, -0.15) is 0 Å². The van der Waals surface area contributed by atoms with E-state index in [1.807, 2.05) is 0 Å². The van der Waals surface area contributed by atoms with Crippen molar-refractivity contribution >= 4 is 17.8 Å². The summed E-state index contributed by atoms with van der Waals surface area (Å²) in [5.41, 5.74) is -0.0873. The molecule has 28 heavy (non-hydrogen) atoms. The van der Waals surface area contributed by atoms with E-state index in [1.165, 1.54) is 24.1 Å². The minimum atomic E-state index is -0.716. The van der Waals surface area contributed by atoms with Crippen LogP contribution in [0.15, 0.2) is 18.2 Å². The molecule has 2 aliphatic rings. The number of halogens is 1. The first kappa shape index (κ1) is 20.1. The number of methoxy groups -OCH3 is 1. The molecular formula is C20H26FN3O4. The number of amides is 4.